The van der Waals surface area contributed by atoms with Gasteiger partial charge in [-0.3, -0.25) is 9.69 Å². The summed E-state index contributed by atoms with van der Waals surface area (Å²) in [5.74, 6) is 0.0769. The number of hydrogen-bond donors (Lipinski definition) is 1. The highest BCUT2D eigenvalue weighted by Crippen LogP contribution is 2.53. The van der Waals surface area contributed by atoms with Crippen LogP contribution in [0.15, 0.2) is 36.1 Å². The Balaban J connectivity index is 1.74. The third-order valence-electron chi connectivity index (χ3n) is 6.97. The van der Waals surface area contributed by atoms with E-state index in [9.17, 15) is 9.59 Å². The summed E-state index contributed by atoms with van der Waals surface area (Å²) >= 11 is 0. The van der Waals surface area contributed by atoms with E-state index in [-0.39, 0.29) is 23.8 Å². The minimum absolute atomic E-state index is 0.00851. The molecule has 2 fully saturated rings. The fourth-order valence-electron chi connectivity index (χ4n) is 5.63. The molecule has 2 saturated heterocycles. The van der Waals surface area contributed by atoms with Crippen molar-refractivity contribution < 1.29 is 19.1 Å². The number of piperidine rings is 1. The number of para-hydroxylation sites is 1. The highest BCUT2D eigenvalue weighted by molar-refractivity contribution is 6.07. The van der Waals surface area contributed by atoms with Crippen LogP contribution in [0.5, 0.6) is 0 Å². The van der Waals surface area contributed by atoms with Crippen molar-refractivity contribution >= 4 is 17.6 Å². The van der Waals surface area contributed by atoms with Gasteiger partial charge in [-0.2, -0.15) is 0 Å². The molecule has 0 saturated carbocycles. The zero-order valence-corrected chi connectivity index (χ0v) is 16.7. The Hall–Kier alpha value is -2.34. The van der Waals surface area contributed by atoms with Crippen LogP contribution in [0.1, 0.15) is 31.7 Å². The lowest BCUT2D eigenvalue weighted by atomic mass is 9.67. The second kappa shape index (κ2) is 7.24. The first-order valence-electron chi connectivity index (χ1n) is 10.0. The molecule has 1 aromatic rings. The van der Waals surface area contributed by atoms with Crippen molar-refractivity contribution in [2.24, 2.45) is 11.8 Å². The number of esters is 1. The zero-order valence-electron chi connectivity index (χ0n) is 16.7. The molecule has 28 heavy (non-hydrogen) atoms. The van der Waals surface area contributed by atoms with Gasteiger partial charge in [0.1, 0.15) is 0 Å². The number of methoxy groups -OCH3 is 2. The molecule has 4 rings (SSSR count). The van der Waals surface area contributed by atoms with E-state index in [0.717, 1.165) is 43.6 Å². The van der Waals surface area contributed by atoms with Gasteiger partial charge in [0.2, 0.25) is 5.91 Å². The molecule has 0 bridgehead atoms. The molecule has 6 heteroatoms. The van der Waals surface area contributed by atoms with Crippen LogP contribution < -0.4 is 5.32 Å². The summed E-state index contributed by atoms with van der Waals surface area (Å²) in [6, 6.07) is 8.07. The molecule has 0 aromatic heterocycles. The van der Waals surface area contributed by atoms with E-state index < -0.39 is 5.41 Å². The van der Waals surface area contributed by atoms with Crippen LogP contribution in [-0.4, -0.2) is 50.1 Å². The molecule has 1 amide bonds. The number of nitrogens with one attached hydrogen (secondary N) is 1. The van der Waals surface area contributed by atoms with Crippen molar-refractivity contribution in [2.75, 3.05) is 32.6 Å². The fourth-order valence-corrected chi connectivity index (χ4v) is 5.63. The number of rotatable bonds is 4. The van der Waals surface area contributed by atoms with E-state index in [4.69, 9.17) is 9.47 Å². The number of carbonyl (C=O) groups is 2. The monoisotopic (exact) mass is 384 g/mol. The summed E-state index contributed by atoms with van der Waals surface area (Å²) in [4.78, 5) is 28.1. The lowest BCUT2D eigenvalue weighted by Crippen LogP contribution is -2.53. The zero-order chi connectivity index (χ0) is 19.9. The Morgan fingerprint density at radius 3 is 2.86 bits per heavy atom. The van der Waals surface area contributed by atoms with Crippen molar-refractivity contribution in [3.63, 3.8) is 0 Å². The number of anilines is 1. The van der Waals surface area contributed by atoms with Gasteiger partial charge in [0.15, 0.2) is 0 Å². The maximum absolute atomic E-state index is 13.2. The SMILES string of the molecule is CC[C@@H]1CN2CCC3(C(=O)Nc4ccccc43)C2C[C@@H]1/C(=C\OC)C(=O)OC. The molecule has 150 valence electrons. The van der Waals surface area contributed by atoms with Crippen LogP contribution in [0.4, 0.5) is 5.69 Å². The number of amides is 1. The van der Waals surface area contributed by atoms with Gasteiger partial charge in [-0.1, -0.05) is 31.5 Å². The van der Waals surface area contributed by atoms with Crippen LogP contribution in [0.25, 0.3) is 0 Å². The Bertz CT molecular complexity index is 821. The quantitative estimate of drug-likeness (QED) is 0.491. The number of fused-ring (bicyclic) bond motifs is 4. The predicted octanol–water partition coefficient (Wildman–Crippen LogP) is 2.70. The van der Waals surface area contributed by atoms with Gasteiger partial charge in [-0.05, 0) is 42.9 Å². The molecule has 1 N–H and O–H groups in total. The van der Waals surface area contributed by atoms with Gasteiger partial charge in [-0.15, -0.1) is 0 Å². The fraction of sp³-hybridized carbons (Fsp3) is 0.545. The number of benzene rings is 1. The average Bonchev–Trinajstić information content (AvgIpc) is 3.23. The maximum atomic E-state index is 13.2. The van der Waals surface area contributed by atoms with Crippen LogP contribution in [0.2, 0.25) is 0 Å². The maximum Gasteiger partial charge on any atom is 0.337 e. The van der Waals surface area contributed by atoms with Crippen LogP contribution in [0, 0.1) is 11.8 Å². The molecule has 2 unspecified atom stereocenters. The molecule has 4 atom stereocenters. The molecule has 6 nitrogen and oxygen atoms in total. The molecule has 0 aliphatic carbocycles. The van der Waals surface area contributed by atoms with Gasteiger partial charge < -0.3 is 14.8 Å². The van der Waals surface area contributed by atoms with Crippen molar-refractivity contribution in [3.05, 3.63) is 41.7 Å². The first kappa shape index (κ1) is 19.0. The molecular formula is C22H28N2O4. The summed E-state index contributed by atoms with van der Waals surface area (Å²) in [6.45, 7) is 3.93. The van der Waals surface area contributed by atoms with E-state index >= 15 is 0 Å². The molecular weight excluding hydrogens is 356 g/mol. The summed E-state index contributed by atoms with van der Waals surface area (Å²) in [6.07, 6.45) is 4.04. The Morgan fingerprint density at radius 2 is 2.14 bits per heavy atom. The van der Waals surface area contributed by atoms with Gasteiger partial charge in [0, 0.05) is 18.3 Å². The summed E-state index contributed by atoms with van der Waals surface area (Å²) in [5, 5.41) is 3.10. The highest BCUT2D eigenvalue weighted by Gasteiger charge is 2.60. The molecule has 1 spiro atoms. The minimum Gasteiger partial charge on any atom is -0.504 e. The second-order valence-corrected chi connectivity index (χ2v) is 8.04. The number of hydrogen-bond acceptors (Lipinski definition) is 5. The summed E-state index contributed by atoms with van der Waals surface area (Å²) in [7, 11) is 2.95. The first-order chi connectivity index (χ1) is 13.6. The highest BCUT2D eigenvalue weighted by atomic mass is 16.5. The van der Waals surface area contributed by atoms with Gasteiger partial charge in [-0.25, -0.2) is 4.79 Å². The Kier molecular flexibility index (Phi) is 4.91. The van der Waals surface area contributed by atoms with Crippen molar-refractivity contribution in [3.8, 4) is 0 Å². The van der Waals surface area contributed by atoms with Crippen LogP contribution in [0.3, 0.4) is 0 Å². The average molecular weight is 384 g/mol. The molecule has 3 heterocycles. The second-order valence-electron chi connectivity index (χ2n) is 8.04. The lowest BCUT2D eigenvalue weighted by Gasteiger charge is -2.45. The predicted molar refractivity (Wildman–Crippen MR) is 106 cm³/mol. The van der Waals surface area contributed by atoms with E-state index in [1.807, 2.05) is 18.2 Å². The Labute approximate surface area is 165 Å². The molecule has 1 aromatic carbocycles. The van der Waals surface area contributed by atoms with Crippen LogP contribution in [-0.2, 0) is 24.5 Å². The normalized spacial score (nSPS) is 32.0. The van der Waals surface area contributed by atoms with Gasteiger partial charge in [0.05, 0.1) is 31.5 Å². The largest absolute Gasteiger partial charge is 0.504 e. The van der Waals surface area contributed by atoms with Crippen LogP contribution >= 0.6 is 0 Å². The standard InChI is InChI=1S/C22H28N2O4/c1-4-14-12-24-10-9-22(17-7-5-6-8-18(17)23-21(22)26)19(24)11-15(14)16(13-27-2)20(25)28-3/h5-8,13-15,19H,4,9-12H2,1-3H3,(H,23,26)/b16-13+/t14-,15+,19?,22?/m1/s1. The molecule has 3 aliphatic heterocycles. The van der Waals surface area contributed by atoms with Crippen molar-refractivity contribution in [1.29, 1.82) is 0 Å². The van der Waals surface area contributed by atoms with E-state index in [2.05, 4.69) is 23.2 Å². The lowest BCUT2D eigenvalue weighted by molar-refractivity contribution is -0.137. The minimum atomic E-state index is -0.540. The first-order valence-corrected chi connectivity index (χ1v) is 10.0. The number of ether oxygens (including phenoxy) is 2. The van der Waals surface area contributed by atoms with E-state index in [0.29, 0.717) is 11.5 Å². The third-order valence-corrected chi connectivity index (χ3v) is 6.97. The topological polar surface area (TPSA) is 67.9 Å². The number of carbonyl (C=O) groups excluding carboxylic acids is 2. The molecule has 3 aliphatic rings. The summed E-state index contributed by atoms with van der Waals surface area (Å²) in [5.41, 5.74) is 2.05. The van der Waals surface area contributed by atoms with Gasteiger partial charge in [0.25, 0.3) is 0 Å². The van der Waals surface area contributed by atoms with Crippen molar-refractivity contribution in [1.82, 2.24) is 4.90 Å². The third kappa shape index (κ3) is 2.65. The Morgan fingerprint density at radius 1 is 1.36 bits per heavy atom. The molecule has 0 radical (unpaired) electrons. The van der Waals surface area contributed by atoms with Gasteiger partial charge >= 0.3 is 5.97 Å². The van der Waals surface area contributed by atoms with Crippen molar-refractivity contribution in [2.45, 2.75) is 37.6 Å². The van der Waals surface area contributed by atoms with E-state index in [1.165, 1.54) is 13.4 Å². The smallest absolute Gasteiger partial charge is 0.337 e. The summed E-state index contributed by atoms with van der Waals surface area (Å²) < 4.78 is 10.3. The van der Waals surface area contributed by atoms with E-state index in [1.54, 1.807) is 7.11 Å². The number of nitrogens with zero attached hydrogens (tertiary/aromatic N) is 1.